The molecular weight excluding hydrogens is 704 g/mol. The maximum absolute atomic E-state index is 12.4. The molecule has 0 unspecified atom stereocenters. The van der Waals surface area contributed by atoms with Gasteiger partial charge in [-0.25, -0.2) is 0 Å². The van der Waals surface area contributed by atoms with Gasteiger partial charge >= 0.3 is 59.7 Å². The third-order valence-corrected chi connectivity index (χ3v) is 7.65. The summed E-state index contributed by atoms with van der Waals surface area (Å²) in [5.41, 5.74) is -8.77. The molecule has 2 aromatic carbocycles. The lowest BCUT2D eigenvalue weighted by Crippen LogP contribution is -2.25. The minimum absolute atomic E-state index is 0.646. The summed E-state index contributed by atoms with van der Waals surface area (Å²) >= 11 is 0. The quantitative estimate of drug-likeness (QED) is 0.0781. The summed E-state index contributed by atoms with van der Waals surface area (Å²) in [6.07, 6.45) is -12.8. The Hall–Kier alpha value is -6.86. The Labute approximate surface area is 289 Å². The van der Waals surface area contributed by atoms with Crippen molar-refractivity contribution in [1.82, 2.24) is 0 Å². The molecule has 2 aromatic rings. The number of rotatable bonds is 21. The molecule has 0 spiro atoms. The minimum atomic E-state index is -1.81. The highest BCUT2D eigenvalue weighted by Crippen LogP contribution is 2.45. The Balaban J connectivity index is 3.85. The van der Waals surface area contributed by atoms with Gasteiger partial charge in [0.25, 0.3) is 0 Å². The second-order valence-corrected chi connectivity index (χ2v) is 11.2. The van der Waals surface area contributed by atoms with Crippen LogP contribution >= 0.6 is 0 Å². The predicted molar refractivity (Wildman–Crippen MR) is 165 cm³/mol. The van der Waals surface area contributed by atoms with E-state index in [0.717, 1.165) is 0 Å². The second kappa shape index (κ2) is 17.2. The number of carboxylic acids is 10. The Morgan fingerprint density at radius 3 is 0.423 bits per heavy atom. The summed E-state index contributed by atoms with van der Waals surface area (Å²) in [5.74, 6) is -17.7. The van der Waals surface area contributed by atoms with Gasteiger partial charge in [0.2, 0.25) is 0 Å². The highest BCUT2D eigenvalue weighted by atomic mass is 16.4. The molecule has 20 nitrogen and oxygen atoms in total. The van der Waals surface area contributed by atoms with Crippen molar-refractivity contribution in [2.24, 2.45) is 0 Å². The first-order chi connectivity index (χ1) is 24.0. The van der Waals surface area contributed by atoms with Crippen molar-refractivity contribution in [2.75, 3.05) is 0 Å². The average molecular weight is 735 g/mol. The van der Waals surface area contributed by atoms with Gasteiger partial charge in [0.05, 0.1) is 64.2 Å². The van der Waals surface area contributed by atoms with E-state index in [1.165, 1.54) is 0 Å². The first-order valence-electron chi connectivity index (χ1n) is 14.6. The highest BCUT2D eigenvalue weighted by Gasteiger charge is 2.35. The van der Waals surface area contributed by atoms with Crippen LogP contribution < -0.4 is 0 Å². The van der Waals surface area contributed by atoms with Crippen LogP contribution in [0.5, 0.6) is 0 Å². The van der Waals surface area contributed by atoms with E-state index in [0.29, 0.717) is 0 Å². The number of aliphatic carboxylic acids is 10. The van der Waals surface area contributed by atoms with Gasteiger partial charge in [-0.3, -0.25) is 47.9 Å². The van der Waals surface area contributed by atoms with Crippen molar-refractivity contribution < 1.29 is 99.0 Å². The molecule has 0 saturated heterocycles. The molecule has 0 aliphatic heterocycles. The van der Waals surface area contributed by atoms with Crippen LogP contribution in [-0.4, -0.2) is 111 Å². The summed E-state index contributed by atoms with van der Waals surface area (Å²) in [4.78, 5) is 122. The molecule has 0 aliphatic carbocycles. The zero-order valence-electron chi connectivity index (χ0n) is 26.6. The van der Waals surface area contributed by atoms with Crippen LogP contribution in [0.25, 0.3) is 11.1 Å². The van der Waals surface area contributed by atoms with Gasteiger partial charge in [-0.1, -0.05) is 0 Å². The molecule has 52 heavy (non-hydrogen) atoms. The average Bonchev–Trinajstić information content (AvgIpc) is 2.95. The van der Waals surface area contributed by atoms with Gasteiger partial charge in [0.15, 0.2) is 0 Å². The van der Waals surface area contributed by atoms with Crippen molar-refractivity contribution in [3.05, 3.63) is 55.6 Å². The summed E-state index contributed by atoms with van der Waals surface area (Å²) < 4.78 is 0. The molecule has 0 atom stereocenters. The molecule has 0 fully saturated rings. The topological polar surface area (TPSA) is 373 Å². The van der Waals surface area contributed by atoms with E-state index in [9.17, 15) is 99.0 Å². The lowest BCUT2D eigenvalue weighted by atomic mass is 9.73. The Morgan fingerprint density at radius 1 is 0.212 bits per heavy atom. The third kappa shape index (κ3) is 10.6. The van der Waals surface area contributed by atoms with Crippen LogP contribution in [-0.2, 0) is 112 Å². The van der Waals surface area contributed by atoms with Gasteiger partial charge < -0.3 is 51.1 Å². The number of carboxylic acid groups (broad SMARTS) is 10. The van der Waals surface area contributed by atoms with Crippen LogP contribution in [0.2, 0.25) is 0 Å². The number of carbonyl (C=O) groups is 10. The lowest BCUT2D eigenvalue weighted by molar-refractivity contribution is -0.138. The van der Waals surface area contributed by atoms with E-state index in [-0.39, 0.29) is 0 Å². The third-order valence-electron chi connectivity index (χ3n) is 7.65. The number of hydrogen-bond donors (Lipinski definition) is 10. The highest BCUT2D eigenvalue weighted by molar-refractivity contribution is 5.95. The molecule has 0 amide bonds. The van der Waals surface area contributed by atoms with E-state index in [1.807, 2.05) is 0 Å². The fraction of sp³-hybridized carbons (Fsp3) is 0.312. The van der Waals surface area contributed by atoms with E-state index >= 15 is 0 Å². The van der Waals surface area contributed by atoms with Crippen molar-refractivity contribution in [3.63, 3.8) is 0 Å². The van der Waals surface area contributed by atoms with Crippen LogP contribution in [0, 0.1) is 0 Å². The van der Waals surface area contributed by atoms with Gasteiger partial charge in [-0.2, -0.15) is 0 Å². The Kier molecular flexibility index (Phi) is 13.7. The maximum atomic E-state index is 12.4. The zero-order valence-corrected chi connectivity index (χ0v) is 26.6. The van der Waals surface area contributed by atoms with Gasteiger partial charge in [0, 0.05) is 0 Å². The number of hydrogen-bond acceptors (Lipinski definition) is 10. The molecule has 0 heterocycles. The zero-order chi connectivity index (χ0) is 39.8. The predicted octanol–water partition coefficient (Wildman–Crippen LogP) is -0.375. The maximum Gasteiger partial charge on any atom is 0.307 e. The minimum Gasteiger partial charge on any atom is -0.481 e. The van der Waals surface area contributed by atoms with E-state index < -0.39 is 191 Å². The van der Waals surface area contributed by atoms with Crippen LogP contribution in [0.4, 0.5) is 0 Å². The van der Waals surface area contributed by atoms with Crippen LogP contribution in [0.1, 0.15) is 55.6 Å². The SMILES string of the molecule is O=C(O)Cc1c(CC(=O)O)c(CC(=O)O)c(-c2c(CC(=O)O)c(CC(=O)O)c(CC(=O)O)c(CC(=O)O)c2CC(=O)O)c(CC(=O)O)c1CC(=O)O. The van der Waals surface area contributed by atoms with Crippen molar-refractivity contribution in [2.45, 2.75) is 64.2 Å². The molecule has 278 valence electrons. The fourth-order valence-electron chi connectivity index (χ4n) is 6.24. The molecular formula is C32H30O20. The first kappa shape index (κ1) is 41.3. The summed E-state index contributed by atoms with van der Waals surface area (Å²) in [7, 11) is 0. The normalized spacial score (nSPS) is 10.7. The Morgan fingerprint density at radius 2 is 0.308 bits per heavy atom. The molecule has 2 rings (SSSR count). The molecule has 0 bridgehead atoms. The summed E-state index contributed by atoms with van der Waals surface area (Å²) in [6, 6.07) is 0. The second-order valence-electron chi connectivity index (χ2n) is 11.2. The monoisotopic (exact) mass is 734 g/mol. The van der Waals surface area contributed by atoms with E-state index in [4.69, 9.17) is 0 Å². The lowest BCUT2D eigenvalue weighted by Gasteiger charge is -2.30. The van der Waals surface area contributed by atoms with Gasteiger partial charge in [-0.05, 0) is 66.8 Å². The fourth-order valence-corrected chi connectivity index (χ4v) is 6.24. The smallest absolute Gasteiger partial charge is 0.307 e. The first-order valence-corrected chi connectivity index (χ1v) is 14.6. The Bertz CT molecular complexity index is 1670. The summed E-state index contributed by atoms with van der Waals surface area (Å²) in [6.45, 7) is 0. The van der Waals surface area contributed by atoms with E-state index in [1.54, 1.807) is 0 Å². The van der Waals surface area contributed by atoms with Crippen LogP contribution in [0.3, 0.4) is 0 Å². The van der Waals surface area contributed by atoms with Crippen molar-refractivity contribution >= 4 is 59.7 Å². The largest absolute Gasteiger partial charge is 0.481 e. The molecule has 0 radical (unpaired) electrons. The molecule has 0 aromatic heterocycles. The molecule has 10 N–H and O–H groups in total. The van der Waals surface area contributed by atoms with Crippen LogP contribution in [0.15, 0.2) is 0 Å². The molecule has 0 aliphatic rings. The standard InChI is InChI=1S/C32H30O20/c33-21(34)1-11-13(3-23(37)38)17(7-27(45)46)31(18(8-28(47)48)14(11)4-24(39)40)32-19(9-29(49)50)15(5-25(41)42)12(2-22(35)36)16(6-26(43)44)20(32)10-30(51)52/h1-10H2,(H,33,34)(H,35,36)(H,37,38)(H,39,40)(H,41,42)(H,43,44)(H,45,46)(H,47,48)(H,49,50)(H,51,52). The van der Waals surface area contributed by atoms with E-state index in [2.05, 4.69) is 0 Å². The van der Waals surface area contributed by atoms with Crippen molar-refractivity contribution in [3.8, 4) is 11.1 Å². The summed E-state index contributed by atoms with van der Waals surface area (Å²) in [5, 5.41) is 98.8. The number of benzene rings is 2. The van der Waals surface area contributed by atoms with Gasteiger partial charge in [-0.15, -0.1) is 0 Å². The van der Waals surface area contributed by atoms with Gasteiger partial charge in [0.1, 0.15) is 0 Å². The van der Waals surface area contributed by atoms with Crippen molar-refractivity contribution in [1.29, 1.82) is 0 Å². The molecule has 20 heteroatoms. The molecule has 0 saturated carbocycles.